The number of aliphatic hydroxyl groups is 1. The normalized spacial score (nSPS) is 14.0. The highest BCUT2D eigenvalue weighted by atomic mass is 31.2. The Bertz CT molecular complexity index is 2010. The zero-order valence-corrected chi connectivity index (χ0v) is 69.7. The van der Waals surface area contributed by atoms with Gasteiger partial charge in [-0.15, -0.1) is 0 Å². The van der Waals surface area contributed by atoms with E-state index >= 15 is 0 Å². The Morgan fingerprint density at radius 2 is 0.408 bits per heavy atom. The Labute approximate surface area is 632 Å². The van der Waals surface area contributed by atoms with Crippen LogP contribution in [0.3, 0.4) is 0 Å². The number of carbonyl (C=O) groups is 4. The van der Waals surface area contributed by atoms with Crippen LogP contribution in [0.25, 0.3) is 0 Å². The molecule has 0 spiro atoms. The molecular weight excluding hydrogens is 1340 g/mol. The molecule has 0 aliphatic heterocycles. The van der Waals surface area contributed by atoms with Gasteiger partial charge in [-0.3, -0.25) is 37.3 Å². The van der Waals surface area contributed by atoms with E-state index in [-0.39, 0.29) is 25.7 Å². The number of esters is 4. The van der Waals surface area contributed by atoms with Crippen molar-refractivity contribution >= 4 is 39.5 Å². The van der Waals surface area contributed by atoms with Crippen molar-refractivity contribution in [3.8, 4) is 0 Å². The van der Waals surface area contributed by atoms with Crippen molar-refractivity contribution in [3.05, 3.63) is 0 Å². The van der Waals surface area contributed by atoms with E-state index in [2.05, 4.69) is 55.4 Å². The third-order valence-corrected chi connectivity index (χ3v) is 21.5. The molecule has 0 amide bonds. The minimum atomic E-state index is -4.96. The van der Waals surface area contributed by atoms with Crippen LogP contribution < -0.4 is 0 Å². The summed E-state index contributed by atoms with van der Waals surface area (Å²) in [7, 11) is -9.93. The number of carbonyl (C=O) groups excluding carboxylic acids is 4. The summed E-state index contributed by atoms with van der Waals surface area (Å²) in [6, 6.07) is 0. The van der Waals surface area contributed by atoms with Gasteiger partial charge in [0.25, 0.3) is 0 Å². The lowest BCUT2D eigenvalue weighted by Gasteiger charge is -2.21. The van der Waals surface area contributed by atoms with E-state index in [1.54, 1.807) is 0 Å². The maximum absolute atomic E-state index is 13.1. The van der Waals surface area contributed by atoms with Gasteiger partial charge >= 0.3 is 39.5 Å². The molecule has 0 aromatic rings. The molecule has 0 saturated heterocycles. The first-order valence-corrected chi connectivity index (χ1v) is 46.2. The largest absolute Gasteiger partial charge is 0.472 e. The Morgan fingerprint density at radius 3 is 0.602 bits per heavy atom. The molecule has 0 radical (unpaired) electrons. The SMILES string of the molecule is CC(C)CCCCCCCCCCCCCCCCCCCCC(=O)O[C@H](COC(=O)CCCCCCCCCC(C)C)COP(=O)(O)OCC(O)COP(=O)(O)OC[C@@H](COC(=O)CCCCCCCCCCCCCCCCCC(C)C)OC(=O)CCCCCCCCCCCCCC(C)C. The lowest BCUT2D eigenvalue weighted by atomic mass is 10.0. The first-order chi connectivity index (χ1) is 49.6. The van der Waals surface area contributed by atoms with Gasteiger partial charge in [0.15, 0.2) is 12.2 Å². The van der Waals surface area contributed by atoms with Crippen molar-refractivity contribution in [1.29, 1.82) is 0 Å². The number of aliphatic hydroxyl groups excluding tert-OH is 1. The zero-order valence-electron chi connectivity index (χ0n) is 68.0. The van der Waals surface area contributed by atoms with Gasteiger partial charge in [0.1, 0.15) is 19.3 Å². The second kappa shape index (κ2) is 72.9. The number of hydrogen-bond donors (Lipinski definition) is 3. The summed E-state index contributed by atoms with van der Waals surface area (Å²) in [5, 5.41) is 10.7. The van der Waals surface area contributed by atoms with Gasteiger partial charge in [0.05, 0.1) is 26.4 Å². The van der Waals surface area contributed by atoms with Crippen molar-refractivity contribution in [1.82, 2.24) is 0 Å². The van der Waals surface area contributed by atoms with E-state index in [0.717, 1.165) is 114 Å². The standard InChI is InChI=1S/C84H164O17P2/c1-74(2)60-52-44-36-29-23-18-14-11-9-10-12-16-21-27-33-41-50-58-66-83(88)101-80(71-95-82(87)65-57-49-43-35-39-47-55-63-77(7)8)73-99-103(92,93)97-69-78(85)68-96-102(90,91)98-72-79(100-84(89)67-59-51-42-34-28-22-25-31-38-46-54-62-76(5)6)70-94-81(86)64-56-48-40-32-26-20-17-13-15-19-24-30-37-45-53-61-75(3)4/h74-80,85H,9-73H2,1-8H3,(H,90,91)(H,92,93)/t78?,79-,80-/m1/s1. The molecule has 0 bridgehead atoms. The number of rotatable bonds is 81. The van der Waals surface area contributed by atoms with Crippen molar-refractivity contribution < 1.29 is 80.2 Å². The smallest absolute Gasteiger partial charge is 0.462 e. The van der Waals surface area contributed by atoms with Gasteiger partial charge < -0.3 is 33.8 Å². The van der Waals surface area contributed by atoms with Crippen LogP contribution >= 0.6 is 15.6 Å². The van der Waals surface area contributed by atoms with Gasteiger partial charge in [-0.25, -0.2) is 9.13 Å². The zero-order chi connectivity index (χ0) is 76.0. The summed E-state index contributed by atoms with van der Waals surface area (Å²) in [6.45, 7) is 14.3. The predicted molar refractivity (Wildman–Crippen MR) is 423 cm³/mol. The average Bonchev–Trinajstić information content (AvgIpc) is 0.918. The van der Waals surface area contributed by atoms with Crippen molar-refractivity contribution in [2.45, 2.75) is 453 Å². The second-order valence-electron chi connectivity index (χ2n) is 32.1. The van der Waals surface area contributed by atoms with E-state index in [0.29, 0.717) is 31.6 Å². The van der Waals surface area contributed by atoms with Crippen LogP contribution in [0, 0.1) is 23.7 Å². The van der Waals surface area contributed by atoms with Gasteiger partial charge in [-0.1, -0.05) is 383 Å². The number of hydrogen-bond acceptors (Lipinski definition) is 15. The molecule has 0 aromatic carbocycles. The van der Waals surface area contributed by atoms with Crippen LogP contribution in [0.4, 0.5) is 0 Å². The maximum Gasteiger partial charge on any atom is 0.472 e. The third-order valence-electron chi connectivity index (χ3n) is 19.6. The molecule has 5 atom stereocenters. The predicted octanol–water partition coefficient (Wildman–Crippen LogP) is 25.2. The summed E-state index contributed by atoms with van der Waals surface area (Å²) in [4.78, 5) is 73.1. The fourth-order valence-electron chi connectivity index (χ4n) is 13.0. The summed E-state index contributed by atoms with van der Waals surface area (Å²) in [5.41, 5.74) is 0. The molecule has 19 heteroatoms. The molecular formula is C84H164O17P2. The average molecular weight is 1510 g/mol. The van der Waals surface area contributed by atoms with Crippen molar-refractivity contribution in [2.75, 3.05) is 39.6 Å². The van der Waals surface area contributed by atoms with Gasteiger partial charge in [-0.2, -0.15) is 0 Å². The summed E-state index contributed by atoms with van der Waals surface area (Å²) in [5.74, 6) is 0.986. The topological polar surface area (TPSA) is 237 Å². The van der Waals surface area contributed by atoms with Crippen LogP contribution in [0.1, 0.15) is 434 Å². The summed E-state index contributed by atoms with van der Waals surface area (Å²) in [6.07, 6.45) is 61.2. The summed E-state index contributed by atoms with van der Waals surface area (Å²) >= 11 is 0. The molecule has 3 unspecified atom stereocenters. The Hall–Kier alpha value is -1.94. The van der Waals surface area contributed by atoms with Gasteiger partial charge in [-0.05, 0) is 49.4 Å². The van der Waals surface area contributed by atoms with Crippen molar-refractivity contribution in [2.24, 2.45) is 23.7 Å². The molecule has 0 fully saturated rings. The van der Waals surface area contributed by atoms with Crippen LogP contribution in [0.5, 0.6) is 0 Å². The fourth-order valence-corrected chi connectivity index (χ4v) is 14.5. The molecule has 0 rings (SSSR count). The lowest BCUT2D eigenvalue weighted by Crippen LogP contribution is -2.30. The first-order valence-electron chi connectivity index (χ1n) is 43.2. The Kier molecular flexibility index (Phi) is 71.5. The highest BCUT2D eigenvalue weighted by Gasteiger charge is 2.30. The molecule has 103 heavy (non-hydrogen) atoms. The van der Waals surface area contributed by atoms with Crippen LogP contribution in [0.2, 0.25) is 0 Å². The monoisotopic (exact) mass is 1510 g/mol. The van der Waals surface area contributed by atoms with E-state index in [9.17, 15) is 43.2 Å². The minimum Gasteiger partial charge on any atom is -0.462 e. The highest BCUT2D eigenvalue weighted by Crippen LogP contribution is 2.45. The highest BCUT2D eigenvalue weighted by molar-refractivity contribution is 7.47. The number of unbranched alkanes of at least 4 members (excludes halogenated alkanes) is 47. The van der Waals surface area contributed by atoms with E-state index in [4.69, 9.17) is 37.0 Å². The van der Waals surface area contributed by atoms with Gasteiger partial charge in [0, 0.05) is 25.7 Å². The Morgan fingerprint density at radius 1 is 0.243 bits per heavy atom. The van der Waals surface area contributed by atoms with Gasteiger partial charge in [0.2, 0.25) is 0 Å². The Balaban J connectivity index is 5.20. The molecule has 0 aliphatic rings. The molecule has 0 aliphatic carbocycles. The maximum atomic E-state index is 13.1. The second-order valence-corrected chi connectivity index (χ2v) is 35.0. The number of phosphoric ester groups is 2. The van der Waals surface area contributed by atoms with E-state index in [1.807, 2.05) is 0 Å². The molecule has 17 nitrogen and oxygen atoms in total. The van der Waals surface area contributed by atoms with E-state index < -0.39 is 97.5 Å². The van der Waals surface area contributed by atoms with E-state index in [1.165, 1.54) is 231 Å². The minimum absolute atomic E-state index is 0.106. The molecule has 0 heterocycles. The molecule has 0 saturated carbocycles. The molecule has 3 N–H and O–H groups in total. The summed E-state index contributed by atoms with van der Waals surface area (Å²) < 4.78 is 68.8. The van der Waals surface area contributed by atoms with Crippen LogP contribution in [-0.4, -0.2) is 96.7 Å². The third kappa shape index (κ3) is 78.0. The quantitative estimate of drug-likeness (QED) is 0.0222. The van der Waals surface area contributed by atoms with Crippen molar-refractivity contribution in [3.63, 3.8) is 0 Å². The fraction of sp³-hybridized carbons (Fsp3) is 0.952. The number of phosphoric acid groups is 2. The lowest BCUT2D eigenvalue weighted by molar-refractivity contribution is -0.161. The van der Waals surface area contributed by atoms with Crippen LogP contribution in [-0.2, 0) is 65.4 Å². The molecule has 0 aromatic heterocycles. The van der Waals surface area contributed by atoms with Crippen LogP contribution in [0.15, 0.2) is 0 Å². The molecule has 612 valence electrons. The first kappa shape index (κ1) is 101. The number of ether oxygens (including phenoxy) is 4.